The number of aliphatic hydroxyl groups excluding tert-OH is 1. The molecule has 0 unspecified atom stereocenters. The van der Waals surface area contributed by atoms with Crippen LogP contribution in [0.2, 0.25) is 5.02 Å². The molecular formula is C11H10ClF2NO2. The minimum atomic E-state index is -1.20. The van der Waals surface area contributed by atoms with Crippen LogP contribution in [-0.4, -0.2) is 30.1 Å². The molecule has 3 nitrogen and oxygen atoms in total. The van der Waals surface area contributed by atoms with Gasteiger partial charge in [-0.15, -0.1) is 0 Å². The number of halogens is 3. The van der Waals surface area contributed by atoms with Crippen molar-refractivity contribution in [3.05, 3.63) is 28.8 Å². The van der Waals surface area contributed by atoms with E-state index in [4.69, 9.17) is 11.6 Å². The van der Waals surface area contributed by atoms with E-state index >= 15 is 0 Å². The second-order valence-electron chi connectivity index (χ2n) is 3.90. The normalized spacial score (nSPS) is 20.8. The number of β-amino-alcohol motifs (C(OH)–C–C–N with tert-alkyl or cyclic N) is 1. The molecule has 1 fully saturated rings. The number of piperidine rings is 1. The van der Waals surface area contributed by atoms with E-state index in [0.717, 1.165) is 12.1 Å². The highest BCUT2D eigenvalue weighted by Gasteiger charge is 2.28. The zero-order valence-electron chi connectivity index (χ0n) is 8.79. The molecule has 2 rings (SSSR count). The van der Waals surface area contributed by atoms with Gasteiger partial charge in [-0.3, -0.25) is 4.79 Å². The SMILES string of the molecule is O=C1CCN(c2c(F)cc(Cl)cc2F)C[C@@H]1O. The zero-order chi connectivity index (χ0) is 12.6. The number of nitrogens with zero attached hydrogens (tertiary/aromatic N) is 1. The fourth-order valence-corrected chi connectivity index (χ4v) is 2.04. The summed E-state index contributed by atoms with van der Waals surface area (Å²) in [5.74, 6) is -1.90. The van der Waals surface area contributed by atoms with Crippen molar-refractivity contribution in [2.45, 2.75) is 12.5 Å². The Kier molecular flexibility index (Phi) is 3.31. The average Bonchev–Trinajstić information content (AvgIpc) is 2.21. The lowest BCUT2D eigenvalue weighted by Gasteiger charge is -2.31. The van der Waals surface area contributed by atoms with Crippen LogP contribution in [0.4, 0.5) is 14.5 Å². The third-order valence-corrected chi connectivity index (χ3v) is 2.91. The Morgan fingerprint density at radius 2 is 1.94 bits per heavy atom. The smallest absolute Gasteiger partial charge is 0.164 e. The fraction of sp³-hybridized carbons (Fsp3) is 0.364. The van der Waals surface area contributed by atoms with Gasteiger partial charge in [0.1, 0.15) is 11.8 Å². The molecule has 1 saturated heterocycles. The highest BCUT2D eigenvalue weighted by molar-refractivity contribution is 6.30. The number of anilines is 1. The molecule has 1 aromatic carbocycles. The number of ketones is 1. The summed E-state index contributed by atoms with van der Waals surface area (Å²) in [6, 6.07) is 2.01. The van der Waals surface area contributed by atoms with E-state index in [1.54, 1.807) is 0 Å². The van der Waals surface area contributed by atoms with Crippen LogP contribution in [0.1, 0.15) is 6.42 Å². The standard InChI is InChI=1S/C11H10ClF2NO2/c12-6-3-7(13)11(8(14)4-6)15-2-1-9(16)10(17)5-15/h3-4,10,17H,1-2,5H2/t10-/m0/s1. The molecule has 0 amide bonds. The van der Waals surface area contributed by atoms with Crippen LogP contribution >= 0.6 is 11.6 Å². The van der Waals surface area contributed by atoms with Gasteiger partial charge in [0.05, 0.1) is 6.54 Å². The Labute approximate surface area is 102 Å². The molecule has 1 aliphatic rings. The molecule has 92 valence electrons. The number of hydrogen-bond acceptors (Lipinski definition) is 3. The van der Waals surface area contributed by atoms with Crippen LogP contribution in [0.25, 0.3) is 0 Å². The molecule has 0 radical (unpaired) electrons. The number of benzene rings is 1. The predicted octanol–water partition coefficient (Wildman–Crippen LogP) is 1.76. The van der Waals surface area contributed by atoms with Gasteiger partial charge in [-0.25, -0.2) is 8.78 Å². The third kappa shape index (κ3) is 2.40. The number of Topliss-reactive ketones (excluding diaryl/α,β-unsaturated/α-hetero) is 1. The molecule has 1 aliphatic heterocycles. The maximum Gasteiger partial charge on any atom is 0.164 e. The quantitative estimate of drug-likeness (QED) is 0.837. The molecule has 1 atom stereocenters. The van der Waals surface area contributed by atoms with E-state index in [9.17, 15) is 18.7 Å². The first kappa shape index (κ1) is 12.3. The summed E-state index contributed by atoms with van der Waals surface area (Å²) in [5.41, 5.74) is -0.249. The molecule has 0 saturated carbocycles. The van der Waals surface area contributed by atoms with Crippen molar-refractivity contribution in [3.63, 3.8) is 0 Å². The first-order valence-electron chi connectivity index (χ1n) is 5.09. The zero-order valence-corrected chi connectivity index (χ0v) is 9.55. The van der Waals surface area contributed by atoms with Gasteiger partial charge < -0.3 is 10.0 Å². The third-order valence-electron chi connectivity index (χ3n) is 2.69. The minimum Gasteiger partial charge on any atom is -0.383 e. The average molecular weight is 262 g/mol. The van der Waals surface area contributed by atoms with Crippen molar-refractivity contribution >= 4 is 23.1 Å². The van der Waals surface area contributed by atoms with E-state index in [-0.39, 0.29) is 36.0 Å². The highest BCUT2D eigenvalue weighted by Crippen LogP contribution is 2.28. The Balaban J connectivity index is 2.32. The summed E-state index contributed by atoms with van der Waals surface area (Å²) < 4.78 is 27.2. The predicted molar refractivity (Wildman–Crippen MR) is 59.2 cm³/mol. The van der Waals surface area contributed by atoms with E-state index in [0.29, 0.717) is 0 Å². The number of carbonyl (C=O) groups excluding carboxylic acids is 1. The van der Waals surface area contributed by atoms with Gasteiger partial charge in [-0.05, 0) is 12.1 Å². The second-order valence-corrected chi connectivity index (χ2v) is 4.33. The van der Waals surface area contributed by atoms with Crippen LogP contribution in [0.15, 0.2) is 12.1 Å². The van der Waals surface area contributed by atoms with Gasteiger partial charge in [0.15, 0.2) is 17.4 Å². The van der Waals surface area contributed by atoms with Gasteiger partial charge in [-0.2, -0.15) is 0 Å². The molecule has 0 aromatic heterocycles. The molecule has 1 heterocycles. The van der Waals surface area contributed by atoms with Crippen molar-refractivity contribution in [1.29, 1.82) is 0 Å². The van der Waals surface area contributed by atoms with Crippen LogP contribution in [0.3, 0.4) is 0 Å². The van der Waals surface area contributed by atoms with Crippen molar-refractivity contribution < 1.29 is 18.7 Å². The lowest BCUT2D eigenvalue weighted by molar-refractivity contribution is -0.127. The van der Waals surface area contributed by atoms with Gasteiger partial charge in [0, 0.05) is 18.0 Å². The Morgan fingerprint density at radius 1 is 1.35 bits per heavy atom. The number of hydrogen-bond donors (Lipinski definition) is 1. The van der Waals surface area contributed by atoms with Crippen molar-refractivity contribution in [1.82, 2.24) is 0 Å². The lowest BCUT2D eigenvalue weighted by atomic mass is 10.1. The topological polar surface area (TPSA) is 40.5 Å². The summed E-state index contributed by atoms with van der Waals surface area (Å²) in [5, 5.41) is 9.35. The molecule has 6 heteroatoms. The fourth-order valence-electron chi connectivity index (χ4n) is 1.85. The summed E-state index contributed by atoms with van der Waals surface area (Å²) in [7, 11) is 0. The second kappa shape index (κ2) is 4.58. The van der Waals surface area contributed by atoms with Crippen molar-refractivity contribution in [2.75, 3.05) is 18.0 Å². The maximum atomic E-state index is 13.6. The van der Waals surface area contributed by atoms with Crippen molar-refractivity contribution in [3.8, 4) is 0 Å². The van der Waals surface area contributed by atoms with Crippen LogP contribution in [-0.2, 0) is 4.79 Å². The lowest BCUT2D eigenvalue weighted by Crippen LogP contribution is -2.44. The van der Waals surface area contributed by atoms with Crippen LogP contribution in [0.5, 0.6) is 0 Å². The van der Waals surface area contributed by atoms with Crippen LogP contribution < -0.4 is 4.90 Å². The Hall–Kier alpha value is -1.20. The number of rotatable bonds is 1. The number of aliphatic hydroxyl groups is 1. The molecular weight excluding hydrogens is 252 g/mol. The first-order valence-corrected chi connectivity index (χ1v) is 5.47. The van der Waals surface area contributed by atoms with E-state index in [2.05, 4.69) is 0 Å². The van der Waals surface area contributed by atoms with E-state index in [1.165, 1.54) is 4.90 Å². The van der Waals surface area contributed by atoms with Gasteiger partial charge in [0.25, 0.3) is 0 Å². The molecule has 0 aliphatic carbocycles. The largest absolute Gasteiger partial charge is 0.383 e. The molecule has 0 spiro atoms. The van der Waals surface area contributed by atoms with Crippen LogP contribution in [0, 0.1) is 11.6 Å². The Bertz CT molecular complexity index is 444. The van der Waals surface area contributed by atoms with Gasteiger partial charge >= 0.3 is 0 Å². The summed E-state index contributed by atoms with van der Waals surface area (Å²) >= 11 is 5.51. The highest BCUT2D eigenvalue weighted by atomic mass is 35.5. The maximum absolute atomic E-state index is 13.6. The molecule has 1 aromatic rings. The summed E-state index contributed by atoms with van der Waals surface area (Å²) in [4.78, 5) is 12.4. The molecule has 17 heavy (non-hydrogen) atoms. The van der Waals surface area contributed by atoms with E-state index in [1.807, 2.05) is 0 Å². The van der Waals surface area contributed by atoms with Gasteiger partial charge in [-0.1, -0.05) is 11.6 Å². The van der Waals surface area contributed by atoms with Gasteiger partial charge in [0.2, 0.25) is 0 Å². The monoisotopic (exact) mass is 261 g/mol. The summed E-state index contributed by atoms with van der Waals surface area (Å²) in [6.07, 6.45) is -1.12. The Morgan fingerprint density at radius 3 is 2.47 bits per heavy atom. The minimum absolute atomic E-state index is 0.0302. The number of carbonyl (C=O) groups is 1. The summed E-state index contributed by atoms with van der Waals surface area (Å²) in [6.45, 7) is 0.0830. The van der Waals surface area contributed by atoms with E-state index < -0.39 is 17.7 Å². The van der Waals surface area contributed by atoms with Crippen molar-refractivity contribution in [2.24, 2.45) is 0 Å². The molecule has 1 N–H and O–H groups in total. The first-order chi connectivity index (χ1) is 7.99. The molecule has 0 bridgehead atoms.